The van der Waals surface area contributed by atoms with Crippen LogP contribution in [-0.2, 0) is 6.42 Å². The second kappa shape index (κ2) is 7.50. The van der Waals surface area contributed by atoms with Crippen LogP contribution in [-0.4, -0.2) is 21.8 Å². The predicted octanol–water partition coefficient (Wildman–Crippen LogP) is 3.80. The van der Waals surface area contributed by atoms with Crippen molar-refractivity contribution in [1.29, 1.82) is 0 Å². The first kappa shape index (κ1) is 18.9. The fourth-order valence-electron chi connectivity index (χ4n) is 3.69. The smallest absolute Gasteiger partial charge is 0.249 e. The first-order valence-electron chi connectivity index (χ1n) is 9.76. The zero-order valence-electron chi connectivity index (χ0n) is 16.2. The summed E-state index contributed by atoms with van der Waals surface area (Å²) in [5.74, 6) is 0.0646. The van der Waals surface area contributed by atoms with Crippen LogP contribution in [0.5, 0.6) is 0 Å². The van der Waals surface area contributed by atoms with Gasteiger partial charge in [-0.1, -0.05) is 50.5 Å². The van der Waals surface area contributed by atoms with Crippen molar-refractivity contribution in [2.24, 2.45) is 0 Å². The molecule has 7 nitrogen and oxygen atoms in total. The van der Waals surface area contributed by atoms with Crippen molar-refractivity contribution in [3.05, 3.63) is 58.5 Å². The van der Waals surface area contributed by atoms with Gasteiger partial charge in [0.25, 0.3) is 0 Å². The van der Waals surface area contributed by atoms with Gasteiger partial charge in [-0.3, -0.25) is 9.59 Å². The Morgan fingerprint density at radius 3 is 2.28 bits per heavy atom. The standard InChI is InChI=1S/C22H22N4O3/c1-2-3-4-5-10-16-25-26-22(29-16)14-11-15(23)17-18(19(14)24)21(28)13-9-7-6-8-12(13)20(17)27/h6-9,11H,2-5,10,23-24H2,1H3. The summed E-state index contributed by atoms with van der Waals surface area (Å²) in [6.07, 6.45) is 5.04. The van der Waals surface area contributed by atoms with E-state index in [-0.39, 0.29) is 40.0 Å². The Bertz CT molecular complexity index is 1120. The summed E-state index contributed by atoms with van der Waals surface area (Å²) in [4.78, 5) is 26.0. The molecule has 1 aliphatic carbocycles. The van der Waals surface area contributed by atoms with Crippen molar-refractivity contribution in [3.63, 3.8) is 0 Å². The first-order valence-corrected chi connectivity index (χ1v) is 9.76. The van der Waals surface area contributed by atoms with Crippen LogP contribution in [0, 0.1) is 0 Å². The highest BCUT2D eigenvalue weighted by Crippen LogP contribution is 2.39. The number of carbonyl (C=O) groups is 2. The Labute approximate surface area is 168 Å². The van der Waals surface area contributed by atoms with Gasteiger partial charge in [0.05, 0.1) is 22.4 Å². The lowest BCUT2D eigenvalue weighted by Gasteiger charge is -2.21. The third-order valence-electron chi connectivity index (χ3n) is 5.21. The molecule has 1 heterocycles. The molecular weight excluding hydrogens is 368 g/mol. The molecule has 0 saturated heterocycles. The Morgan fingerprint density at radius 2 is 1.59 bits per heavy atom. The van der Waals surface area contributed by atoms with Gasteiger partial charge >= 0.3 is 0 Å². The molecule has 2 aromatic carbocycles. The molecule has 4 rings (SSSR count). The van der Waals surface area contributed by atoms with E-state index in [9.17, 15) is 9.59 Å². The van der Waals surface area contributed by atoms with Crippen LogP contribution >= 0.6 is 0 Å². The van der Waals surface area contributed by atoms with E-state index in [2.05, 4.69) is 17.1 Å². The van der Waals surface area contributed by atoms with Gasteiger partial charge in [-0.05, 0) is 12.5 Å². The molecule has 3 aromatic rings. The fraction of sp³-hybridized carbons (Fsp3) is 0.273. The maximum atomic E-state index is 13.1. The van der Waals surface area contributed by atoms with Crippen LogP contribution in [0.4, 0.5) is 11.4 Å². The fourth-order valence-corrected chi connectivity index (χ4v) is 3.69. The minimum Gasteiger partial charge on any atom is -0.421 e. The van der Waals surface area contributed by atoms with Crippen molar-refractivity contribution in [1.82, 2.24) is 10.2 Å². The van der Waals surface area contributed by atoms with Crippen LogP contribution in [0.15, 0.2) is 34.7 Å². The Morgan fingerprint density at radius 1 is 0.897 bits per heavy atom. The molecule has 1 aliphatic rings. The topological polar surface area (TPSA) is 125 Å². The minimum absolute atomic E-state index is 0.103. The van der Waals surface area contributed by atoms with E-state index in [1.54, 1.807) is 24.3 Å². The van der Waals surface area contributed by atoms with Crippen molar-refractivity contribution >= 4 is 22.9 Å². The molecule has 0 aliphatic heterocycles. The molecule has 0 radical (unpaired) electrons. The summed E-state index contributed by atoms with van der Waals surface area (Å²) in [5, 5.41) is 8.15. The number of nitrogens with two attached hydrogens (primary N) is 2. The van der Waals surface area contributed by atoms with Gasteiger partial charge in [-0.15, -0.1) is 10.2 Å². The zero-order valence-corrected chi connectivity index (χ0v) is 16.2. The summed E-state index contributed by atoms with van der Waals surface area (Å²) in [7, 11) is 0. The van der Waals surface area contributed by atoms with E-state index in [0.29, 0.717) is 29.0 Å². The molecule has 0 amide bonds. The van der Waals surface area contributed by atoms with Gasteiger partial charge in [0, 0.05) is 23.2 Å². The molecule has 148 valence electrons. The lowest BCUT2D eigenvalue weighted by molar-refractivity contribution is 0.0980. The van der Waals surface area contributed by atoms with E-state index in [4.69, 9.17) is 15.9 Å². The highest BCUT2D eigenvalue weighted by molar-refractivity contribution is 6.32. The Balaban J connectivity index is 1.73. The molecule has 0 bridgehead atoms. The van der Waals surface area contributed by atoms with Crippen molar-refractivity contribution in [3.8, 4) is 11.5 Å². The van der Waals surface area contributed by atoms with Crippen LogP contribution in [0.1, 0.15) is 70.3 Å². The molecule has 4 N–H and O–H groups in total. The third-order valence-corrected chi connectivity index (χ3v) is 5.21. The molecule has 7 heteroatoms. The van der Waals surface area contributed by atoms with Crippen LogP contribution in [0.3, 0.4) is 0 Å². The van der Waals surface area contributed by atoms with Gasteiger partial charge in [0.2, 0.25) is 11.8 Å². The summed E-state index contributed by atoms with van der Waals surface area (Å²) in [5.41, 5.74) is 14.0. The SMILES string of the molecule is CCCCCCc1nnc(-c2cc(N)c3c(c2N)C(=O)c2ccccc2C3=O)o1. The third kappa shape index (κ3) is 3.18. The number of rotatable bonds is 6. The number of nitrogen functional groups attached to an aromatic ring is 2. The van der Waals surface area contributed by atoms with Gasteiger partial charge in [0.15, 0.2) is 11.6 Å². The Kier molecular flexibility index (Phi) is 4.88. The molecular formula is C22H22N4O3. The van der Waals surface area contributed by atoms with E-state index < -0.39 is 0 Å². The minimum atomic E-state index is -0.333. The molecule has 29 heavy (non-hydrogen) atoms. The number of aromatic nitrogens is 2. The quantitative estimate of drug-likeness (QED) is 0.379. The maximum Gasteiger partial charge on any atom is 0.249 e. The van der Waals surface area contributed by atoms with Crippen LogP contribution < -0.4 is 11.5 Å². The molecule has 0 fully saturated rings. The average molecular weight is 390 g/mol. The number of carbonyl (C=O) groups excluding carboxylic acids is 2. The Hall–Kier alpha value is -3.48. The molecule has 0 unspecified atom stereocenters. The maximum absolute atomic E-state index is 13.1. The van der Waals surface area contributed by atoms with Crippen LogP contribution in [0.2, 0.25) is 0 Å². The number of anilines is 2. The molecule has 0 saturated carbocycles. The van der Waals surface area contributed by atoms with Crippen molar-refractivity contribution in [2.75, 3.05) is 11.5 Å². The molecule has 0 spiro atoms. The average Bonchev–Trinajstić information content (AvgIpc) is 3.19. The van der Waals surface area contributed by atoms with Crippen molar-refractivity contribution in [2.45, 2.75) is 39.0 Å². The number of nitrogens with zero attached hydrogens (tertiary/aromatic N) is 2. The van der Waals surface area contributed by atoms with E-state index in [1.165, 1.54) is 6.07 Å². The molecule has 0 atom stereocenters. The summed E-state index contributed by atoms with van der Waals surface area (Å²) >= 11 is 0. The van der Waals surface area contributed by atoms with E-state index in [1.807, 2.05) is 0 Å². The lowest BCUT2D eigenvalue weighted by atomic mass is 9.81. The van der Waals surface area contributed by atoms with Gasteiger partial charge in [-0.2, -0.15) is 0 Å². The summed E-state index contributed by atoms with van der Waals surface area (Å²) < 4.78 is 5.75. The number of hydrogen-bond acceptors (Lipinski definition) is 7. The van der Waals surface area contributed by atoms with Gasteiger partial charge < -0.3 is 15.9 Å². The summed E-state index contributed by atoms with van der Waals surface area (Å²) in [6.45, 7) is 2.15. The highest BCUT2D eigenvalue weighted by atomic mass is 16.4. The zero-order chi connectivity index (χ0) is 20.5. The second-order valence-electron chi connectivity index (χ2n) is 7.19. The van der Waals surface area contributed by atoms with E-state index in [0.717, 1.165) is 25.7 Å². The second-order valence-corrected chi connectivity index (χ2v) is 7.19. The van der Waals surface area contributed by atoms with Crippen LogP contribution in [0.25, 0.3) is 11.5 Å². The van der Waals surface area contributed by atoms with Gasteiger partial charge in [-0.25, -0.2) is 0 Å². The number of benzene rings is 2. The highest BCUT2D eigenvalue weighted by Gasteiger charge is 2.34. The largest absolute Gasteiger partial charge is 0.421 e. The van der Waals surface area contributed by atoms with Gasteiger partial charge in [0.1, 0.15) is 0 Å². The van der Waals surface area contributed by atoms with E-state index >= 15 is 0 Å². The predicted molar refractivity (Wildman–Crippen MR) is 110 cm³/mol. The summed E-state index contributed by atoms with van der Waals surface area (Å²) in [6, 6.07) is 8.18. The number of fused-ring (bicyclic) bond motifs is 2. The normalized spacial score (nSPS) is 12.7. The number of hydrogen-bond donors (Lipinski definition) is 2. The molecule has 1 aromatic heterocycles. The lowest BCUT2D eigenvalue weighted by Crippen LogP contribution is -2.24. The number of aryl methyl sites for hydroxylation is 1. The first-order chi connectivity index (χ1) is 14.0. The number of ketones is 2. The number of unbranched alkanes of at least 4 members (excludes halogenated alkanes) is 3. The monoisotopic (exact) mass is 390 g/mol. The van der Waals surface area contributed by atoms with Crippen molar-refractivity contribution < 1.29 is 14.0 Å².